The van der Waals surface area contributed by atoms with Crippen molar-refractivity contribution in [2.75, 3.05) is 6.26 Å². The highest BCUT2D eigenvalue weighted by Gasteiger charge is 2.12. The Morgan fingerprint density at radius 3 is 2.53 bits per heavy atom. The molecule has 0 saturated carbocycles. The van der Waals surface area contributed by atoms with Crippen LogP contribution in [0, 0.1) is 0 Å². The maximum absolute atomic E-state index is 6.10. The first-order chi connectivity index (χ1) is 14.6. The van der Waals surface area contributed by atoms with E-state index in [9.17, 15) is 0 Å². The predicted octanol–water partition coefficient (Wildman–Crippen LogP) is 5.71. The van der Waals surface area contributed by atoms with E-state index in [0.717, 1.165) is 23.2 Å². The third-order valence-corrected chi connectivity index (χ3v) is 5.34. The number of benzene rings is 2. The molecule has 2 aromatic carbocycles. The Hall–Kier alpha value is -2.90. The summed E-state index contributed by atoms with van der Waals surface area (Å²) in [5.74, 6) is 1.91. The second-order valence-corrected chi connectivity index (χ2v) is 7.73. The fourth-order valence-corrected chi connectivity index (χ4v) is 3.39. The molecule has 2 heterocycles. The monoisotopic (exact) mass is 438 g/mol. The minimum Gasteiger partial charge on any atom is -0.467 e. The quantitative estimate of drug-likeness (QED) is 0.342. The van der Waals surface area contributed by atoms with Crippen molar-refractivity contribution in [2.45, 2.75) is 24.8 Å². The summed E-state index contributed by atoms with van der Waals surface area (Å²) in [6.07, 6.45) is 2.79. The Bertz CT molecular complexity index is 1150. The van der Waals surface area contributed by atoms with E-state index in [1.807, 2.05) is 67.8 Å². The second kappa shape index (κ2) is 9.28. The van der Waals surface area contributed by atoms with Gasteiger partial charge in [-0.25, -0.2) is 4.98 Å². The van der Waals surface area contributed by atoms with Crippen molar-refractivity contribution >= 4 is 23.4 Å². The summed E-state index contributed by atoms with van der Waals surface area (Å²) in [4.78, 5) is 14.7. The largest absolute Gasteiger partial charge is 0.467 e. The van der Waals surface area contributed by atoms with Crippen LogP contribution in [0.2, 0.25) is 5.02 Å². The van der Waals surface area contributed by atoms with Crippen molar-refractivity contribution in [3.8, 4) is 28.7 Å². The maximum atomic E-state index is 6.10. The van der Waals surface area contributed by atoms with Gasteiger partial charge in [0.25, 0.3) is 5.89 Å². The van der Waals surface area contributed by atoms with Crippen LogP contribution in [-0.4, -0.2) is 26.4 Å². The van der Waals surface area contributed by atoms with E-state index in [2.05, 4.69) is 20.1 Å². The molecule has 0 aliphatic heterocycles. The highest BCUT2D eigenvalue weighted by atomic mass is 35.5. The topological polar surface area (TPSA) is 73.9 Å². The van der Waals surface area contributed by atoms with Gasteiger partial charge in [-0.1, -0.05) is 35.8 Å². The molecule has 0 aliphatic rings. The lowest BCUT2D eigenvalue weighted by Crippen LogP contribution is -2.02. The van der Waals surface area contributed by atoms with Gasteiger partial charge in [-0.15, -0.1) is 11.8 Å². The average molecular weight is 439 g/mol. The lowest BCUT2D eigenvalue weighted by atomic mass is 10.2. The van der Waals surface area contributed by atoms with E-state index >= 15 is 0 Å². The number of hydrogen-bond donors (Lipinski definition) is 0. The van der Waals surface area contributed by atoms with E-state index in [4.69, 9.17) is 20.9 Å². The Balaban J connectivity index is 1.51. The normalized spacial score (nSPS) is 10.9. The molecular formula is C22H19ClN4O2S. The van der Waals surface area contributed by atoms with Crippen molar-refractivity contribution in [1.82, 2.24) is 20.1 Å². The number of thioether (sulfide) groups is 1. The van der Waals surface area contributed by atoms with Gasteiger partial charge in [-0.2, -0.15) is 9.97 Å². The highest BCUT2D eigenvalue weighted by molar-refractivity contribution is 7.98. The van der Waals surface area contributed by atoms with Crippen LogP contribution >= 0.6 is 23.4 Å². The lowest BCUT2D eigenvalue weighted by Gasteiger charge is -2.08. The van der Waals surface area contributed by atoms with Crippen LogP contribution in [0.5, 0.6) is 5.88 Å². The van der Waals surface area contributed by atoms with Crippen LogP contribution in [0.25, 0.3) is 22.8 Å². The van der Waals surface area contributed by atoms with Gasteiger partial charge in [0.15, 0.2) is 12.4 Å². The molecule has 8 heteroatoms. The van der Waals surface area contributed by atoms with E-state index in [0.29, 0.717) is 28.4 Å². The summed E-state index contributed by atoms with van der Waals surface area (Å²) in [6.45, 7) is 2.14. The molecule has 6 nitrogen and oxygen atoms in total. The molecule has 0 amide bonds. The predicted molar refractivity (Wildman–Crippen MR) is 118 cm³/mol. The molecule has 4 rings (SSSR count). The Labute approximate surface area is 183 Å². The zero-order chi connectivity index (χ0) is 20.9. The number of halogens is 1. The van der Waals surface area contributed by atoms with E-state index in [1.165, 1.54) is 4.90 Å². The summed E-state index contributed by atoms with van der Waals surface area (Å²) in [5, 5.41) is 4.67. The number of ether oxygens (including phenoxy) is 1. The first-order valence-corrected chi connectivity index (χ1v) is 11.0. The maximum Gasteiger partial charge on any atom is 0.264 e. The van der Waals surface area contributed by atoms with Crippen LogP contribution in [0.4, 0.5) is 0 Å². The molecule has 0 N–H and O–H groups in total. The fourth-order valence-electron chi connectivity index (χ4n) is 2.79. The summed E-state index contributed by atoms with van der Waals surface area (Å²) in [5.41, 5.74) is 2.59. The number of rotatable bonds is 7. The minimum atomic E-state index is 0.116. The molecular weight excluding hydrogens is 420 g/mol. The molecule has 0 bridgehead atoms. The Kier molecular flexibility index (Phi) is 6.30. The standard InChI is InChI=1S/C22H19ClN4O2S/c1-3-17-12-19(25-21(24-17)15-5-4-6-16(23)11-15)28-13-20-26-22(27-29-20)14-7-9-18(30-2)10-8-14/h4-12H,3,13H2,1-2H3. The third-order valence-electron chi connectivity index (χ3n) is 4.36. The summed E-state index contributed by atoms with van der Waals surface area (Å²) in [7, 11) is 0. The Morgan fingerprint density at radius 2 is 1.80 bits per heavy atom. The fraction of sp³-hybridized carbons (Fsp3) is 0.182. The van der Waals surface area contributed by atoms with Gasteiger partial charge in [-0.05, 0) is 49.1 Å². The third kappa shape index (κ3) is 4.80. The SMILES string of the molecule is CCc1cc(OCc2nc(-c3ccc(SC)cc3)no2)nc(-c2cccc(Cl)c2)n1. The van der Waals surface area contributed by atoms with E-state index in [1.54, 1.807) is 11.8 Å². The molecule has 0 saturated heterocycles. The van der Waals surface area contributed by atoms with Crippen LogP contribution in [0.1, 0.15) is 18.5 Å². The zero-order valence-electron chi connectivity index (χ0n) is 16.5. The molecule has 0 atom stereocenters. The highest BCUT2D eigenvalue weighted by Crippen LogP contribution is 2.24. The van der Waals surface area contributed by atoms with Gasteiger partial charge in [0, 0.05) is 32.8 Å². The number of hydrogen-bond acceptors (Lipinski definition) is 7. The molecule has 152 valence electrons. The molecule has 30 heavy (non-hydrogen) atoms. The molecule has 4 aromatic rings. The molecule has 0 spiro atoms. The van der Waals surface area contributed by atoms with Crippen LogP contribution < -0.4 is 4.74 Å². The molecule has 0 radical (unpaired) electrons. The summed E-state index contributed by atoms with van der Waals surface area (Å²) < 4.78 is 11.2. The number of aromatic nitrogens is 4. The van der Waals surface area contributed by atoms with Crippen LogP contribution in [0.15, 0.2) is 64.0 Å². The first-order valence-electron chi connectivity index (χ1n) is 9.38. The average Bonchev–Trinajstić information content (AvgIpc) is 3.26. The molecule has 0 aliphatic carbocycles. The van der Waals surface area contributed by atoms with Gasteiger partial charge >= 0.3 is 0 Å². The van der Waals surface area contributed by atoms with E-state index < -0.39 is 0 Å². The van der Waals surface area contributed by atoms with Crippen LogP contribution in [0.3, 0.4) is 0 Å². The minimum absolute atomic E-state index is 0.116. The second-order valence-electron chi connectivity index (χ2n) is 6.41. The number of aryl methyl sites for hydroxylation is 1. The summed E-state index contributed by atoms with van der Waals surface area (Å²) >= 11 is 7.79. The van der Waals surface area contributed by atoms with Crippen molar-refractivity contribution in [2.24, 2.45) is 0 Å². The van der Waals surface area contributed by atoms with Crippen molar-refractivity contribution < 1.29 is 9.26 Å². The molecule has 2 aromatic heterocycles. The number of nitrogens with zero attached hydrogens (tertiary/aromatic N) is 4. The van der Waals surface area contributed by atoms with Crippen molar-refractivity contribution in [3.05, 3.63) is 71.2 Å². The molecule has 0 fully saturated rings. The van der Waals surface area contributed by atoms with Gasteiger partial charge in [0.05, 0.1) is 0 Å². The first kappa shape index (κ1) is 20.4. The molecule has 0 unspecified atom stereocenters. The van der Waals surface area contributed by atoms with Crippen molar-refractivity contribution in [3.63, 3.8) is 0 Å². The van der Waals surface area contributed by atoms with Gasteiger partial charge in [-0.3, -0.25) is 0 Å². The zero-order valence-corrected chi connectivity index (χ0v) is 18.1. The van der Waals surface area contributed by atoms with Crippen LogP contribution in [-0.2, 0) is 13.0 Å². The Morgan fingerprint density at radius 1 is 0.967 bits per heavy atom. The smallest absolute Gasteiger partial charge is 0.264 e. The lowest BCUT2D eigenvalue weighted by molar-refractivity contribution is 0.235. The van der Waals surface area contributed by atoms with Gasteiger partial charge < -0.3 is 9.26 Å². The summed E-state index contributed by atoms with van der Waals surface area (Å²) in [6, 6.07) is 17.2. The van der Waals surface area contributed by atoms with E-state index in [-0.39, 0.29) is 6.61 Å². The van der Waals surface area contributed by atoms with Crippen molar-refractivity contribution in [1.29, 1.82) is 0 Å². The van der Waals surface area contributed by atoms with Gasteiger partial charge in [0.1, 0.15) is 0 Å². The van der Waals surface area contributed by atoms with Gasteiger partial charge in [0.2, 0.25) is 11.7 Å².